The molecule has 0 aromatic heterocycles. The summed E-state index contributed by atoms with van der Waals surface area (Å²) in [6.45, 7) is 0.0452. The van der Waals surface area contributed by atoms with E-state index in [1.165, 1.54) is 28.7 Å². The average Bonchev–Trinajstić information content (AvgIpc) is 2.73. The fraction of sp³-hybridized carbons (Fsp3) is 0.333. The molecule has 0 bridgehead atoms. The van der Waals surface area contributed by atoms with Gasteiger partial charge in [-0.2, -0.15) is 0 Å². The molecule has 2 aromatic carbocycles. The fourth-order valence-corrected chi connectivity index (χ4v) is 3.16. The predicted molar refractivity (Wildman–Crippen MR) is 113 cm³/mol. The third-order valence-corrected chi connectivity index (χ3v) is 4.82. The molecule has 0 radical (unpaired) electrons. The van der Waals surface area contributed by atoms with Crippen molar-refractivity contribution < 1.29 is 19.2 Å². The highest BCUT2D eigenvalue weighted by atomic mass is 16.6. The second-order valence-electron chi connectivity index (χ2n) is 7.19. The Bertz CT molecular complexity index is 943. The summed E-state index contributed by atoms with van der Waals surface area (Å²) in [6.07, 6.45) is 1.58. The number of carbonyl (C=O) groups is 2. The number of nitro groups is 1. The molecule has 3 rings (SSSR count). The van der Waals surface area contributed by atoms with Gasteiger partial charge in [0.25, 0.3) is 11.6 Å². The smallest absolute Gasteiger partial charge is 0.271 e. The van der Waals surface area contributed by atoms with Crippen LogP contribution in [0.1, 0.15) is 12.0 Å². The maximum absolute atomic E-state index is 12.3. The summed E-state index contributed by atoms with van der Waals surface area (Å²) < 4.78 is 5.30. The van der Waals surface area contributed by atoms with Crippen molar-refractivity contribution in [3.05, 3.63) is 58.1 Å². The van der Waals surface area contributed by atoms with Crippen LogP contribution in [0.25, 0.3) is 0 Å². The molecule has 0 saturated heterocycles. The monoisotopic (exact) mass is 412 g/mol. The minimum absolute atomic E-state index is 0.169. The van der Waals surface area contributed by atoms with Gasteiger partial charge in [0, 0.05) is 38.5 Å². The van der Waals surface area contributed by atoms with E-state index in [2.05, 4.69) is 29.6 Å². The van der Waals surface area contributed by atoms with E-state index < -0.39 is 10.8 Å². The second kappa shape index (κ2) is 9.25. The van der Waals surface area contributed by atoms with Gasteiger partial charge < -0.3 is 15.0 Å². The molecule has 2 aromatic rings. The first-order valence-electron chi connectivity index (χ1n) is 9.59. The lowest BCUT2D eigenvalue weighted by Crippen LogP contribution is -2.45. The molecule has 1 heterocycles. The van der Waals surface area contributed by atoms with Crippen molar-refractivity contribution in [3.63, 3.8) is 0 Å². The molecule has 1 N–H and O–H groups in total. The molecule has 0 aliphatic carbocycles. The van der Waals surface area contributed by atoms with Gasteiger partial charge in [0.05, 0.1) is 10.6 Å². The zero-order chi connectivity index (χ0) is 21.7. The second-order valence-corrected chi connectivity index (χ2v) is 7.19. The number of ether oxygens (including phenoxy) is 1. The molecule has 9 nitrogen and oxygen atoms in total. The number of anilines is 2. The first-order chi connectivity index (χ1) is 14.3. The van der Waals surface area contributed by atoms with Gasteiger partial charge in [-0.3, -0.25) is 24.6 Å². The summed E-state index contributed by atoms with van der Waals surface area (Å²) in [5.74, 6) is -0.404. The van der Waals surface area contributed by atoms with E-state index in [0.717, 1.165) is 18.5 Å². The SMILES string of the molecule is CN(C)c1ccc(CCCNC(=O)CN2C(=O)COc3ccc([N+](=O)[O-])cc32)cc1. The van der Waals surface area contributed by atoms with Crippen molar-refractivity contribution in [3.8, 4) is 5.75 Å². The first-order valence-corrected chi connectivity index (χ1v) is 9.59. The number of nitro benzene ring substituents is 1. The molecule has 1 aliphatic heterocycles. The Hall–Kier alpha value is -3.62. The van der Waals surface area contributed by atoms with Crippen LogP contribution in [0, 0.1) is 10.1 Å². The summed E-state index contributed by atoms with van der Waals surface area (Å²) in [5, 5.41) is 13.8. The summed E-state index contributed by atoms with van der Waals surface area (Å²) in [7, 11) is 3.97. The first kappa shape index (κ1) is 21.1. The molecular weight excluding hydrogens is 388 g/mol. The lowest BCUT2D eigenvalue weighted by molar-refractivity contribution is -0.384. The lowest BCUT2D eigenvalue weighted by Gasteiger charge is -2.28. The van der Waals surface area contributed by atoms with Gasteiger partial charge in [0.15, 0.2) is 6.61 Å². The Morgan fingerprint density at radius 1 is 1.23 bits per heavy atom. The van der Waals surface area contributed by atoms with Crippen LogP contribution in [0.5, 0.6) is 5.75 Å². The van der Waals surface area contributed by atoms with E-state index in [1.807, 2.05) is 19.0 Å². The summed E-state index contributed by atoms with van der Waals surface area (Å²) >= 11 is 0. The lowest BCUT2D eigenvalue weighted by atomic mass is 10.1. The van der Waals surface area contributed by atoms with E-state index in [-0.39, 0.29) is 30.4 Å². The van der Waals surface area contributed by atoms with E-state index in [9.17, 15) is 19.7 Å². The highest BCUT2D eigenvalue weighted by Gasteiger charge is 2.29. The fourth-order valence-electron chi connectivity index (χ4n) is 3.16. The number of nitrogens with zero attached hydrogens (tertiary/aromatic N) is 3. The Kier molecular flexibility index (Phi) is 6.51. The zero-order valence-electron chi connectivity index (χ0n) is 17.0. The number of nitrogens with one attached hydrogen (secondary N) is 1. The van der Waals surface area contributed by atoms with Crippen LogP contribution in [-0.2, 0) is 16.0 Å². The molecule has 0 fully saturated rings. The molecule has 0 saturated carbocycles. The topological polar surface area (TPSA) is 105 Å². The number of amides is 2. The van der Waals surface area contributed by atoms with Gasteiger partial charge in [0.1, 0.15) is 12.3 Å². The minimum Gasteiger partial charge on any atom is -0.482 e. The maximum atomic E-state index is 12.3. The van der Waals surface area contributed by atoms with E-state index in [0.29, 0.717) is 12.3 Å². The van der Waals surface area contributed by atoms with Crippen LogP contribution < -0.4 is 19.9 Å². The number of hydrogen-bond donors (Lipinski definition) is 1. The number of fused-ring (bicyclic) bond motifs is 1. The molecule has 158 valence electrons. The molecular formula is C21H24N4O5. The molecule has 0 spiro atoms. The van der Waals surface area contributed by atoms with Crippen molar-refractivity contribution >= 4 is 28.9 Å². The van der Waals surface area contributed by atoms with Crippen LogP contribution in [0.2, 0.25) is 0 Å². The summed E-state index contributed by atoms with van der Waals surface area (Å²) in [6, 6.07) is 12.2. The standard InChI is InChI=1S/C21H24N4O5/c1-23(2)16-7-5-15(6-8-16)4-3-11-22-20(26)13-24-18-12-17(25(28)29)9-10-19(18)30-14-21(24)27/h5-10,12H,3-4,11,13-14H2,1-2H3,(H,22,26). The van der Waals surface area contributed by atoms with Crippen molar-refractivity contribution in [2.75, 3.05) is 43.6 Å². The van der Waals surface area contributed by atoms with Gasteiger partial charge in [-0.05, 0) is 36.6 Å². The van der Waals surface area contributed by atoms with Crippen molar-refractivity contribution in [2.45, 2.75) is 12.8 Å². The minimum atomic E-state index is -0.553. The summed E-state index contributed by atoms with van der Waals surface area (Å²) in [5.41, 5.74) is 2.37. The van der Waals surface area contributed by atoms with Crippen LogP contribution in [-0.4, -0.2) is 50.5 Å². The molecule has 9 heteroatoms. The van der Waals surface area contributed by atoms with Crippen LogP contribution >= 0.6 is 0 Å². The maximum Gasteiger partial charge on any atom is 0.271 e. The molecule has 0 atom stereocenters. The number of non-ortho nitro benzene ring substituents is 1. The van der Waals surface area contributed by atoms with Gasteiger partial charge in [-0.25, -0.2) is 0 Å². The molecule has 1 aliphatic rings. The zero-order valence-corrected chi connectivity index (χ0v) is 17.0. The van der Waals surface area contributed by atoms with Crippen LogP contribution in [0.3, 0.4) is 0 Å². The van der Waals surface area contributed by atoms with Gasteiger partial charge in [-0.15, -0.1) is 0 Å². The van der Waals surface area contributed by atoms with E-state index in [4.69, 9.17) is 4.74 Å². The molecule has 30 heavy (non-hydrogen) atoms. The predicted octanol–water partition coefficient (Wildman–Crippen LogP) is 2.14. The van der Waals surface area contributed by atoms with Crippen LogP contribution in [0.15, 0.2) is 42.5 Å². The number of benzene rings is 2. The number of hydrogen-bond acceptors (Lipinski definition) is 6. The quantitative estimate of drug-likeness (QED) is 0.405. The third kappa shape index (κ3) is 5.05. The Labute approximate surface area is 174 Å². The van der Waals surface area contributed by atoms with Crippen molar-refractivity contribution in [1.29, 1.82) is 0 Å². The van der Waals surface area contributed by atoms with E-state index in [1.54, 1.807) is 0 Å². The Morgan fingerprint density at radius 2 is 1.97 bits per heavy atom. The third-order valence-electron chi connectivity index (χ3n) is 4.82. The van der Waals surface area contributed by atoms with Gasteiger partial charge in [-0.1, -0.05) is 12.1 Å². The van der Waals surface area contributed by atoms with Crippen LogP contribution in [0.4, 0.5) is 17.1 Å². The number of rotatable bonds is 8. The average molecular weight is 412 g/mol. The summed E-state index contributed by atoms with van der Waals surface area (Å²) in [4.78, 5) is 38.3. The van der Waals surface area contributed by atoms with Crippen molar-refractivity contribution in [1.82, 2.24) is 5.32 Å². The largest absolute Gasteiger partial charge is 0.482 e. The molecule has 2 amide bonds. The molecule has 0 unspecified atom stereocenters. The van der Waals surface area contributed by atoms with E-state index >= 15 is 0 Å². The Balaban J connectivity index is 1.53. The number of carbonyl (C=O) groups excluding carboxylic acids is 2. The Morgan fingerprint density at radius 3 is 2.63 bits per heavy atom. The van der Waals surface area contributed by atoms with Gasteiger partial charge in [0.2, 0.25) is 5.91 Å². The van der Waals surface area contributed by atoms with Gasteiger partial charge >= 0.3 is 0 Å². The normalized spacial score (nSPS) is 12.7. The van der Waals surface area contributed by atoms with Crippen molar-refractivity contribution in [2.24, 2.45) is 0 Å². The highest BCUT2D eigenvalue weighted by molar-refractivity contribution is 6.02. The highest BCUT2D eigenvalue weighted by Crippen LogP contribution is 2.35. The number of aryl methyl sites for hydroxylation is 1.